The van der Waals surface area contributed by atoms with Crippen molar-refractivity contribution in [2.45, 2.75) is 4.90 Å². The number of nitro benzene ring substituents is 1. The quantitative estimate of drug-likeness (QED) is 0.554. The number of rotatable bonds is 5. The molecule has 0 amide bonds. The summed E-state index contributed by atoms with van der Waals surface area (Å²) in [6.45, 7) is 0. The van der Waals surface area contributed by atoms with Crippen molar-refractivity contribution in [3.63, 3.8) is 0 Å². The van der Waals surface area contributed by atoms with E-state index in [4.69, 9.17) is 4.74 Å². The Morgan fingerprint density at radius 2 is 1.88 bits per heavy atom. The third kappa shape index (κ3) is 3.36. The molecule has 0 bridgehead atoms. The van der Waals surface area contributed by atoms with Crippen molar-refractivity contribution in [1.29, 1.82) is 0 Å². The summed E-state index contributed by atoms with van der Waals surface area (Å²) in [5, 5.41) is 11.4. The maximum absolute atomic E-state index is 12.6. The molecule has 0 radical (unpaired) electrons. The van der Waals surface area contributed by atoms with Crippen LogP contribution in [-0.4, -0.2) is 25.4 Å². The first kappa shape index (κ1) is 16.7. The Labute approximate surface area is 143 Å². The van der Waals surface area contributed by atoms with Gasteiger partial charge >= 0.3 is 0 Å². The van der Waals surface area contributed by atoms with Crippen LogP contribution >= 0.6 is 0 Å². The molecule has 0 unspecified atom stereocenters. The van der Waals surface area contributed by atoms with Gasteiger partial charge in [-0.25, -0.2) is 8.42 Å². The molecule has 3 aromatic rings. The van der Waals surface area contributed by atoms with E-state index in [9.17, 15) is 18.5 Å². The molecule has 0 fully saturated rings. The Hall–Kier alpha value is -3.20. The number of non-ortho nitro benzene ring substituents is 1. The molecule has 0 atom stereocenters. The lowest BCUT2D eigenvalue weighted by atomic mass is 10.2. The highest BCUT2D eigenvalue weighted by molar-refractivity contribution is 7.92. The maximum Gasteiger partial charge on any atom is 0.269 e. The summed E-state index contributed by atoms with van der Waals surface area (Å²) in [6.07, 6.45) is 1.55. The second-order valence-electron chi connectivity index (χ2n) is 5.11. The lowest BCUT2D eigenvalue weighted by molar-refractivity contribution is -0.384. The van der Waals surface area contributed by atoms with E-state index in [0.717, 1.165) is 12.1 Å². The van der Waals surface area contributed by atoms with Gasteiger partial charge in [0, 0.05) is 29.8 Å². The van der Waals surface area contributed by atoms with Crippen molar-refractivity contribution in [1.82, 2.24) is 4.98 Å². The van der Waals surface area contributed by atoms with Crippen molar-refractivity contribution in [2.24, 2.45) is 0 Å². The number of hydrogen-bond acceptors (Lipinski definition) is 6. The Morgan fingerprint density at radius 1 is 1.16 bits per heavy atom. The molecule has 0 saturated carbocycles. The molecule has 2 aromatic carbocycles. The molecule has 1 aromatic heterocycles. The largest absolute Gasteiger partial charge is 0.497 e. The average molecular weight is 359 g/mol. The molecule has 0 aliphatic heterocycles. The van der Waals surface area contributed by atoms with Gasteiger partial charge in [-0.05, 0) is 24.3 Å². The standard InChI is InChI=1S/C16H13N3O5S/c1-24-13-9-11-3-2-8-17-16(11)15(10-13)18-25(22,23)14-6-4-12(5-7-14)19(20)21/h2-10,18H,1H3. The smallest absolute Gasteiger partial charge is 0.269 e. The molecular formula is C16H13N3O5S. The van der Waals surface area contributed by atoms with Gasteiger partial charge in [-0.15, -0.1) is 0 Å². The van der Waals surface area contributed by atoms with Crippen LogP contribution in [0.4, 0.5) is 11.4 Å². The number of hydrogen-bond donors (Lipinski definition) is 1. The molecule has 25 heavy (non-hydrogen) atoms. The van der Waals surface area contributed by atoms with E-state index in [-0.39, 0.29) is 16.3 Å². The minimum absolute atomic E-state index is 0.0926. The Bertz CT molecular complexity index is 1050. The van der Waals surface area contributed by atoms with Crippen molar-refractivity contribution in [2.75, 3.05) is 11.8 Å². The van der Waals surface area contributed by atoms with Gasteiger partial charge in [-0.2, -0.15) is 0 Å². The number of methoxy groups -OCH3 is 1. The van der Waals surface area contributed by atoms with Crippen molar-refractivity contribution >= 4 is 32.3 Å². The van der Waals surface area contributed by atoms with Crippen LogP contribution in [0.5, 0.6) is 5.75 Å². The van der Waals surface area contributed by atoms with Gasteiger partial charge in [0.15, 0.2) is 0 Å². The second kappa shape index (κ2) is 6.36. The molecule has 0 aliphatic rings. The van der Waals surface area contributed by atoms with Crippen LogP contribution < -0.4 is 9.46 Å². The Balaban J connectivity index is 2.03. The number of fused-ring (bicyclic) bond motifs is 1. The fraction of sp³-hybridized carbons (Fsp3) is 0.0625. The van der Waals surface area contributed by atoms with Gasteiger partial charge in [-0.3, -0.25) is 19.8 Å². The van der Waals surface area contributed by atoms with Gasteiger partial charge in [-0.1, -0.05) is 6.07 Å². The topological polar surface area (TPSA) is 111 Å². The molecule has 9 heteroatoms. The third-order valence-electron chi connectivity index (χ3n) is 3.52. The third-order valence-corrected chi connectivity index (χ3v) is 4.90. The van der Waals surface area contributed by atoms with E-state index in [2.05, 4.69) is 9.71 Å². The van der Waals surface area contributed by atoms with Crippen LogP contribution in [0.15, 0.2) is 59.6 Å². The average Bonchev–Trinajstić information content (AvgIpc) is 2.61. The molecule has 128 valence electrons. The normalized spacial score (nSPS) is 11.2. The van der Waals surface area contributed by atoms with E-state index in [1.54, 1.807) is 24.4 Å². The zero-order valence-corrected chi connectivity index (χ0v) is 13.9. The van der Waals surface area contributed by atoms with Gasteiger partial charge in [0.2, 0.25) is 0 Å². The maximum atomic E-state index is 12.6. The second-order valence-corrected chi connectivity index (χ2v) is 6.79. The number of nitro groups is 1. The first-order chi connectivity index (χ1) is 11.9. The molecule has 8 nitrogen and oxygen atoms in total. The molecule has 1 heterocycles. The minimum Gasteiger partial charge on any atom is -0.497 e. The molecule has 0 saturated heterocycles. The van der Waals surface area contributed by atoms with Crippen LogP contribution in [0.3, 0.4) is 0 Å². The summed E-state index contributed by atoms with van der Waals surface area (Å²) in [6, 6.07) is 11.4. The number of anilines is 1. The predicted octanol–water partition coefficient (Wildman–Crippen LogP) is 2.95. The number of benzene rings is 2. The molecule has 3 rings (SSSR count). The summed E-state index contributed by atoms with van der Waals surface area (Å²) in [7, 11) is -2.46. The first-order valence-electron chi connectivity index (χ1n) is 7.11. The van der Waals surface area contributed by atoms with Crippen LogP contribution in [-0.2, 0) is 10.0 Å². The van der Waals surface area contributed by atoms with Crippen molar-refractivity contribution in [3.8, 4) is 5.75 Å². The van der Waals surface area contributed by atoms with Crippen LogP contribution in [0.1, 0.15) is 0 Å². The summed E-state index contributed by atoms with van der Waals surface area (Å²) in [5.41, 5.74) is 0.537. The van der Waals surface area contributed by atoms with Crippen LogP contribution in [0.25, 0.3) is 10.9 Å². The van der Waals surface area contributed by atoms with E-state index in [1.807, 2.05) is 0 Å². The SMILES string of the molecule is COc1cc(NS(=O)(=O)c2ccc([N+](=O)[O-])cc2)c2ncccc2c1. The van der Waals surface area contributed by atoms with E-state index < -0.39 is 14.9 Å². The summed E-state index contributed by atoms with van der Waals surface area (Å²) in [4.78, 5) is 14.2. The zero-order chi connectivity index (χ0) is 18.0. The lowest BCUT2D eigenvalue weighted by Crippen LogP contribution is -2.13. The summed E-state index contributed by atoms with van der Waals surface area (Å²) in [5.74, 6) is 0.474. The molecule has 0 aliphatic carbocycles. The molecular weight excluding hydrogens is 346 g/mol. The first-order valence-corrected chi connectivity index (χ1v) is 8.59. The highest BCUT2D eigenvalue weighted by Gasteiger charge is 2.18. The fourth-order valence-electron chi connectivity index (χ4n) is 2.31. The molecule has 1 N–H and O–H groups in total. The van der Waals surface area contributed by atoms with E-state index in [0.29, 0.717) is 16.7 Å². The van der Waals surface area contributed by atoms with E-state index in [1.165, 1.54) is 25.3 Å². The Kier molecular flexibility index (Phi) is 4.24. The van der Waals surface area contributed by atoms with Gasteiger partial charge in [0.05, 0.1) is 28.1 Å². The minimum atomic E-state index is -3.94. The van der Waals surface area contributed by atoms with Gasteiger partial charge < -0.3 is 4.74 Å². The zero-order valence-electron chi connectivity index (χ0n) is 13.0. The molecule has 0 spiro atoms. The lowest BCUT2D eigenvalue weighted by Gasteiger charge is -2.12. The number of ether oxygens (including phenoxy) is 1. The van der Waals surface area contributed by atoms with Crippen LogP contribution in [0, 0.1) is 10.1 Å². The predicted molar refractivity (Wildman–Crippen MR) is 92.2 cm³/mol. The van der Waals surface area contributed by atoms with Gasteiger partial charge in [0.1, 0.15) is 5.75 Å². The highest BCUT2D eigenvalue weighted by atomic mass is 32.2. The highest BCUT2D eigenvalue weighted by Crippen LogP contribution is 2.29. The number of pyridine rings is 1. The monoisotopic (exact) mass is 359 g/mol. The number of sulfonamides is 1. The number of aromatic nitrogens is 1. The number of nitrogens with one attached hydrogen (secondary N) is 1. The van der Waals surface area contributed by atoms with E-state index >= 15 is 0 Å². The summed E-state index contributed by atoms with van der Waals surface area (Å²) >= 11 is 0. The summed E-state index contributed by atoms with van der Waals surface area (Å²) < 4.78 is 32.8. The number of nitrogens with zero attached hydrogens (tertiary/aromatic N) is 2. The fourth-order valence-corrected chi connectivity index (χ4v) is 3.37. The Morgan fingerprint density at radius 3 is 2.52 bits per heavy atom. The van der Waals surface area contributed by atoms with Crippen molar-refractivity contribution in [3.05, 3.63) is 64.8 Å². The van der Waals surface area contributed by atoms with Gasteiger partial charge in [0.25, 0.3) is 15.7 Å². The van der Waals surface area contributed by atoms with Crippen LogP contribution in [0.2, 0.25) is 0 Å². The van der Waals surface area contributed by atoms with Crippen molar-refractivity contribution < 1.29 is 18.1 Å².